The molecule has 0 spiro atoms. The molecule has 5 nitrogen and oxygen atoms in total. The summed E-state index contributed by atoms with van der Waals surface area (Å²) >= 11 is 0. The summed E-state index contributed by atoms with van der Waals surface area (Å²) in [6.07, 6.45) is 0.756. The standard InChI is InChI=1S/C15H23N3O2/c1-10(2)8-15(20)17-12-5-4-11(3)13(9-12)18-14(19)6-7-16/h4-5,9-10H,6-8,16H2,1-3H3,(H,17,20)(H,18,19). The lowest BCUT2D eigenvalue weighted by molar-refractivity contribution is -0.117. The second-order valence-electron chi connectivity index (χ2n) is 5.26. The van der Waals surface area contributed by atoms with E-state index in [0.29, 0.717) is 30.3 Å². The van der Waals surface area contributed by atoms with Crippen molar-refractivity contribution in [2.45, 2.75) is 33.6 Å². The summed E-state index contributed by atoms with van der Waals surface area (Å²) in [5.74, 6) is 0.161. The van der Waals surface area contributed by atoms with Crippen LogP contribution in [-0.4, -0.2) is 18.4 Å². The van der Waals surface area contributed by atoms with Gasteiger partial charge >= 0.3 is 0 Å². The molecule has 0 unspecified atom stereocenters. The highest BCUT2D eigenvalue weighted by molar-refractivity contribution is 5.94. The maximum absolute atomic E-state index is 11.7. The van der Waals surface area contributed by atoms with Crippen molar-refractivity contribution in [3.05, 3.63) is 23.8 Å². The first kappa shape index (κ1) is 16.2. The number of aryl methyl sites for hydroxylation is 1. The normalized spacial score (nSPS) is 10.4. The molecule has 0 bridgehead atoms. The minimum atomic E-state index is -0.124. The predicted molar refractivity (Wildman–Crippen MR) is 81.6 cm³/mol. The molecule has 0 saturated heterocycles. The van der Waals surface area contributed by atoms with E-state index in [2.05, 4.69) is 10.6 Å². The van der Waals surface area contributed by atoms with Gasteiger partial charge in [0.25, 0.3) is 0 Å². The van der Waals surface area contributed by atoms with Crippen LogP contribution in [0.5, 0.6) is 0 Å². The van der Waals surface area contributed by atoms with Crippen molar-refractivity contribution < 1.29 is 9.59 Å². The zero-order valence-electron chi connectivity index (χ0n) is 12.3. The number of hydrogen-bond donors (Lipinski definition) is 3. The van der Waals surface area contributed by atoms with Gasteiger partial charge in [0.05, 0.1) is 0 Å². The highest BCUT2D eigenvalue weighted by atomic mass is 16.2. The van der Waals surface area contributed by atoms with Gasteiger partial charge in [0.15, 0.2) is 0 Å². The van der Waals surface area contributed by atoms with E-state index in [1.54, 1.807) is 6.07 Å². The van der Waals surface area contributed by atoms with Crippen molar-refractivity contribution in [1.29, 1.82) is 0 Å². The molecule has 0 aliphatic rings. The average Bonchev–Trinajstić information content (AvgIpc) is 2.32. The zero-order chi connectivity index (χ0) is 15.1. The van der Waals surface area contributed by atoms with Crippen LogP contribution in [0.2, 0.25) is 0 Å². The topological polar surface area (TPSA) is 84.2 Å². The number of carbonyl (C=O) groups excluding carboxylic acids is 2. The minimum Gasteiger partial charge on any atom is -0.330 e. The highest BCUT2D eigenvalue weighted by Gasteiger charge is 2.08. The van der Waals surface area contributed by atoms with Crippen molar-refractivity contribution in [1.82, 2.24) is 0 Å². The van der Waals surface area contributed by atoms with Gasteiger partial charge in [-0.3, -0.25) is 9.59 Å². The van der Waals surface area contributed by atoms with Crippen LogP contribution in [0.3, 0.4) is 0 Å². The molecule has 0 radical (unpaired) electrons. The molecule has 0 atom stereocenters. The molecular weight excluding hydrogens is 254 g/mol. The Morgan fingerprint density at radius 3 is 2.50 bits per heavy atom. The molecule has 20 heavy (non-hydrogen) atoms. The highest BCUT2D eigenvalue weighted by Crippen LogP contribution is 2.21. The fourth-order valence-corrected chi connectivity index (χ4v) is 1.76. The van der Waals surface area contributed by atoms with Crippen LogP contribution in [-0.2, 0) is 9.59 Å². The molecule has 1 rings (SSSR count). The van der Waals surface area contributed by atoms with Crippen molar-refractivity contribution in [2.75, 3.05) is 17.2 Å². The number of nitrogens with one attached hydrogen (secondary N) is 2. The second-order valence-corrected chi connectivity index (χ2v) is 5.26. The molecule has 110 valence electrons. The largest absolute Gasteiger partial charge is 0.330 e. The maximum Gasteiger partial charge on any atom is 0.225 e. The third kappa shape index (κ3) is 5.40. The predicted octanol–water partition coefficient (Wildman–Crippen LogP) is 2.27. The molecule has 0 fully saturated rings. The molecule has 4 N–H and O–H groups in total. The van der Waals surface area contributed by atoms with Gasteiger partial charge in [-0.2, -0.15) is 0 Å². The first-order valence-electron chi connectivity index (χ1n) is 6.82. The number of hydrogen-bond acceptors (Lipinski definition) is 3. The lowest BCUT2D eigenvalue weighted by Gasteiger charge is -2.12. The SMILES string of the molecule is Cc1ccc(NC(=O)CC(C)C)cc1NC(=O)CCN. The van der Waals surface area contributed by atoms with Crippen molar-refractivity contribution in [3.63, 3.8) is 0 Å². The smallest absolute Gasteiger partial charge is 0.225 e. The van der Waals surface area contributed by atoms with Crippen molar-refractivity contribution in [3.8, 4) is 0 Å². The van der Waals surface area contributed by atoms with Gasteiger partial charge < -0.3 is 16.4 Å². The molecule has 0 aromatic heterocycles. The van der Waals surface area contributed by atoms with Crippen LogP contribution >= 0.6 is 0 Å². The number of nitrogens with two attached hydrogens (primary N) is 1. The number of anilines is 2. The van der Waals surface area contributed by atoms with Gasteiger partial charge in [0.1, 0.15) is 0 Å². The molecule has 0 saturated carbocycles. The fraction of sp³-hybridized carbons (Fsp3) is 0.467. The van der Waals surface area contributed by atoms with E-state index in [9.17, 15) is 9.59 Å². The number of amides is 2. The van der Waals surface area contributed by atoms with Crippen molar-refractivity contribution in [2.24, 2.45) is 11.7 Å². The number of rotatable bonds is 6. The Bertz CT molecular complexity index is 484. The van der Waals surface area contributed by atoms with E-state index >= 15 is 0 Å². The summed E-state index contributed by atoms with van der Waals surface area (Å²) in [6, 6.07) is 5.46. The molecule has 2 amide bonds. The summed E-state index contributed by atoms with van der Waals surface area (Å²) < 4.78 is 0. The molecule has 1 aromatic rings. The van der Waals surface area contributed by atoms with E-state index in [1.807, 2.05) is 32.9 Å². The molecule has 1 aromatic carbocycles. The molecular formula is C15H23N3O2. The summed E-state index contributed by atoms with van der Waals surface area (Å²) in [4.78, 5) is 23.3. The van der Waals surface area contributed by atoms with Crippen molar-refractivity contribution >= 4 is 23.2 Å². The Hall–Kier alpha value is -1.88. The molecule has 5 heteroatoms. The van der Waals surface area contributed by atoms with E-state index in [-0.39, 0.29) is 18.2 Å². The Labute approximate surface area is 119 Å². The van der Waals surface area contributed by atoms with Crippen LogP contribution in [0.1, 0.15) is 32.3 Å². The third-order valence-electron chi connectivity index (χ3n) is 2.76. The third-order valence-corrected chi connectivity index (χ3v) is 2.76. The summed E-state index contributed by atoms with van der Waals surface area (Å²) in [5.41, 5.74) is 7.67. The lowest BCUT2D eigenvalue weighted by atomic mass is 10.1. The van der Waals surface area contributed by atoms with Crippen LogP contribution in [0.25, 0.3) is 0 Å². The molecule has 0 aliphatic heterocycles. The zero-order valence-corrected chi connectivity index (χ0v) is 12.3. The van der Waals surface area contributed by atoms with Gasteiger partial charge in [-0.1, -0.05) is 19.9 Å². The van der Waals surface area contributed by atoms with Gasteiger partial charge in [-0.25, -0.2) is 0 Å². The Morgan fingerprint density at radius 1 is 1.20 bits per heavy atom. The Kier molecular flexibility index (Phi) is 6.18. The quantitative estimate of drug-likeness (QED) is 0.745. The van der Waals surface area contributed by atoms with E-state index in [1.165, 1.54) is 0 Å². The van der Waals surface area contributed by atoms with Gasteiger partial charge in [0, 0.05) is 30.8 Å². The van der Waals surface area contributed by atoms with Crippen LogP contribution in [0.4, 0.5) is 11.4 Å². The average molecular weight is 277 g/mol. The van der Waals surface area contributed by atoms with E-state index in [0.717, 1.165) is 5.56 Å². The van der Waals surface area contributed by atoms with E-state index < -0.39 is 0 Å². The van der Waals surface area contributed by atoms with Crippen LogP contribution < -0.4 is 16.4 Å². The Balaban J connectivity index is 2.75. The van der Waals surface area contributed by atoms with E-state index in [4.69, 9.17) is 5.73 Å². The first-order chi connectivity index (χ1) is 9.42. The molecule has 0 heterocycles. The summed E-state index contributed by atoms with van der Waals surface area (Å²) in [5, 5.41) is 5.63. The number of carbonyl (C=O) groups is 2. The lowest BCUT2D eigenvalue weighted by Crippen LogP contribution is -2.17. The van der Waals surface area contributed by atoms with Gasteiger partial charge in [-0.15, -0.1) is 0 Å². The number of benzene rings is 1. The van der Waals surface area contributed by atoms with Crippen LogP contribution in [0, 0.1) is 12.8 Å². The summed E-state index contributed by atoms with van der Waals surface area (Å²) in [7, 11) is 0. The molecule has 0 aliphatic carbocycles. The monoisotopic (exact) mass is 277 g/mol. The minimum absolute atomic E-state index is 0.0249. The summed E-state index contributed by atoms with van der Waals surface area (Å²) in [6.45, 7) is 6.20. The fourth-order valence-electron chi connectivity index (χ4n) is 1.76. The second kappa shape index (κ2) is 7.65. The van der Waals surface area contributed by atoms with Gasteiger partial charge in [0.2, 0.25) is 11.8 Å². The Morgan fingerprint density at radius 2 is 1.90 bits per heavy atom. The maximum atomic E-state index is 11.7. The van der Waals surface area contributed by atoms with Gasteiger partial charge in [-0.05, 0) is 30.5 Å². The van der Waals surface area contributed by atoms with Crippen LogP contribution in [0.15, 0.2) is 18.2 Å². The first-order valence-corrected chi connectivity index (χ1v) is 6.82.